The van der Waals surface area contributed by atoms with Crippen molar-refractivity contribution in [2.24, 2.45) is 5.92 Å². The smallest absolute Gasteiger partial charge is 0.224 e. The molecule has 1 aromatic heterocycles. The molecule has 2 aliphatic heterocycles. The van der Waals surface area contributed by atoms with Gasteiger partial charge in [-0.05, 0) is 51.6 Å². The maximum absolute atomic E-state index is 13.1. The van der Waals surface area contributed by atoms with Crippen LogP contribution in [0.2, 0.25) is 0 Å². The fourth-order valence-electron chi connectivity index (χ4n) is 5.43. The van der Waals surface area contributed by atoms with E-state index in [9.17, 15) is 4.79 Å². The van der Waals surface area contributed by atoms with Crippen molar-refractivity contribution in [2.45, 2.75) is 69.7 Å². The summed E-state index contributed by atoms with van der Waals surface area (Å²) >= 11 is 0. The fraction of sp³-hybridized carbons (Fsp3) is 0.773. The second kappa shape index (κ2) is 9.21. The number of nitrogens with zero attached hydrogens (tertiary/aromatic N) is 4. The number of carbonyl (C=O) groups is 1. The van der Waals surface area contributed by atoms with Crippen molar-refractivity contribution in [3.05, 3.63) is 18.6 Å². The lowest BCUT2D eigenvalue weighted by Crippen LogP contribution is -2.59. The SMILES string of the molecule is O=C(NCC1(N2CCCCC2)CCCCC1)[C@H]1CCCN(c2cnccn2)C1. The molecule has 0 unspecified atom stereocenters. The van der Waals surface area contributed by atoms with Gasteiger partial charge in [-0.15, -0.1) is 0 Å². The predicted octanol–water partition coefficient (Wildman–Crippen LogP) is 3.00. The Morgan fingerprint density at radius 3 is 2.57 bits per heavy atom. The lowest BCUT2D eigenvalue weighted by Gasteiger charge is -2.48. The summed E-state index contributed by atoms with van der Waals surface area (Å²) in [6, 6.07) is 0. The molecular formula is C22H35N5O. The highest BCUT2D eigenvalue weighted by Gasteiger charge is 2.39. The van der Waals surface area contributed by atoms with Crippen LogP contribution in [0.4, 0.5) is 5.82 Å². The topological polar surface area (TPSA) is 61.4 Å². The minimum atomic E-state index is 0.0535. The van der Waals surface area contributed by atoms with Crippen LogP contribution in [-0.2, 0) is 4.79 Å². The van der Waals surface area contributed by atoms with E-state index in [1.54, 1.807) is 18.6 Å². The second-order valence-electron chi connectivity index (χ2n) is 8.90. The van der Waals surface area contributed by atoms with E-state index in [2.05, 4.69) is 25.1 Å². The number of anilines is 1. The molecule has 6 nitrogen and oxygen atoms in total. The first kappa shape index (κ1) is 19.6. The van der Waals surface area contributed by atoms with Crippen LogP contribution in [0.3, 0.4) is 0 Å². The van der Waals surface area contributed by atoms with Gasteiger partial charge in [-0.3, -0.25) is 14.7 Å². The molecule has 2 saturated heterocycles. The molecule has 1 saturated carbocycles. The number of amides is 1. The Morgan fingerprint density at radius 1 is 1.04 bits per heavy atom. The van der Waals surface area contributed by atoms with Crippen molar-refractivity contribution < 1.29 is 4.79 Å². The molecule has 4 rings (SSSR count). The molecule has 1 atom stereocenters. The van der Waals surface area contributed by atoms with Crippen molar-refractivity contribution in [1.82, 2.24) is 20.2 Å². The molecule has 3 fully saturated rings. The number of aromatic nitrogens is 2. The van der Waals surface area contributed by atoms with E-state index < -0.39 is 0 Å². The number of hydrogen-bond acceptors (Lipinski definition) is 5. The van der Waals surface area contributed by atoms with E-state index in [4.69, 9.17) is 0 Å². The third kappa shape index (κ3) is 4.48. The zero-order valence-corrected chi connectivity index (χ0v) is 17.1. The summed E-state index contributed by atoms with van der Waals surface area (Å²) in [6.45, 7) is 4.95. The van der Waals surface area contributed by atoms with E-state index in [1.165, 1.54) is 64.5 Å². The molecule has 3 aliphatic rings. The standard InChI is InChI=1S/C22H35N5O/c28-21(19-8-7-13-26(17-19)20-16-23-11-12-24-20)25-18-22(9-3-1-4-10-22)27-14-5-2-6-15-27/h11-12,16,19H,1-10,13-15,17-18H2,(H,25,28)/t19-/m0/s1. The normalized spacial score (nSPS) is 26.0. The Bertz CT molecular complexity index is 625. The molecule has 0 aromatic carbocycles. The second-order valence-corrected chi connectivity index (χ2v) is 8.90. The molecule has 1 amide bonds. The summed E-state index contributed by atoms with van der Waals surface area (Å²) in [5.74, 6) is 1.17. The van der Waals surface area contributed by atoms with Gasteiger partial charge in [0.05, 0.1) is 12.1 Å². The largest absolute Gasteiger partial charge is 0.355 e. The van der Waals surface area contributed by atoms with Crippen molar-refractivity contribution in [3.8, 4) is 0 Å². The van der Waals surface area contributed by atoms with E-state index >= 15 is 0 Å². The van der Waals surface area contributed by atoms with Crippen LogP contribution in [0.25, 0.3) is 0 Å². The first-order chi connectivity index (χ1) is 13.8. The van der Waals surface area contributed by atoms with Gasteiger partial charge in [0.25, 0.3) is 0 Å². The van der Waals surface area contributed by atoms with E-state index in [0.717, 1.165) is 38.3 Å². The summed E-state index contributed by atoms with van der Waals surface area (Å²) in [4.78, 5) is 26.6. The van der Waals surface area contributed by atoms with Crippen LogP contribution in [0.1, 0.15) is 64.2 Å². The quantitative estimate of drug-likeness (QED) is 0.844. The third-order valence-electron chi connectivity index (χ3n) is 7.07. The van der Waals surface area contributed by atoms with Gasteiger partial charge in [0, 0.05) is 37.6 Å². The molecule has 28 heavy (non-hydrogen) atoms. The Labute approximate surface area is 169 Å². The van der Waals surface area contributed by atoms with E-state index in [1.807, 2.05) is 0 Å². The van der Waals surface area contributed by atoms with Crippen molar-refractivity contribution in [2.75, 3.05) is 37.6 Å². The van der Waals surface area contributed by atoms with Gasteiger partial charge in [-0.2, -0.15) is 0 Å². The number of piperidine rings is 2. The van der Waals surface area contributed by atoms with Crippen LogP contribution < -0.4 is 10.2 Å². The maximum Gasteiger partial charge on any atom is 0.224 e. The number of hydrogen-bond donors (Lipinski definition) is 1. The van der Waals surface area contributed by atoms with E-state index in [0.29, 0.717) is 0 Å². The zero-order valence-electron chi connectivity index (χ0n) is 17.1. The molecule has 0 spiro atoms. The highest BCUT2D eigenvalue weighted by Crippen LogP contribution is 2.35. The first-order valence-corrected chi connectivity index (χ1v) is 11.3. The summed E-state index contributed by atoms with van der Waals surface area (Å²) in [7, 11) is 0. The van der Waals surface area contributed by atoms with Gasteiger partial charge in [0.15, 0.2) is 0 Å². The van der Waals surface area contributed by atoms with E-state index in [-0.39, 0.29) is 17.4 Å². The molecule has 3 heterocycles. The Hall–Kier alpha value is -1.69. The van der Waals surface area contributed by atoms with Crippen LogP contribution in [-0.4, -0.2) is 59.0 Å². The summed E-state index contributed by atoms with van der Waals surface area (Å²) in [5, 5.41) is 3.39. The lowest BCUT2D eigenvalue weighted by molar-refractivity contribution is -0.126. The Balaban J connectivity index is 1.36. The molecule has 1 aromatic rings. The highest BCUT2D eigenvalue weighted by atomic mass is 16.1. The van der Waals surface area contributed by atoms with Gasteiger partial charge in [-0.25, -0.2) is 4.98 Å². The van der Waals surface area contributed by atoms with Gasteiger partial charge in [0.1, 0.15) is 5.82 Å². The van der Waals surface area contributed by atoms with Crippen molar-refractivity contribution >= 4 is 11.7 Å². The highest BCUT2D eigenvalue weighted by molar-refractivity contribution is 5.79. The van der Waals surface area contributed by atoms with Crippen LogP contribution >= 0.6 is 0 Å². The third-order valence-corrected chi connectivity index (χ3v) is 7.07. The average Bonchev–Trinajstić information content (AvgIpc) is 2.79. The van der Waals surface area contributed by atoms with Crippen LogP contribution in [0, 0.1) is 5.92 Å². The minimum absolute atomic E-state index is 0.0535. The van der Waals surface area contributed by atoms with Gasteiger partial charge >= 0.3 is 0 Å². The zero-order chi connectivity index (χ0) is 19.2. The number of rotatable bonds is 5. The summed E-state index contributed by atoms with van der Waals surface area (Å²) in [5.41, 5.74) is 0.202. The molecular weight excluding hydrogens is 350 g/mol. The van der Waals surface area contributed by atoms with Crippen LogP contribution in [0.5, 0.6) is 0 Å². The molecule has 1 N–H and O–H groups in total. The van der Waals surface area contributed by atoms with Gasteiger partial charge < -0.3 is 10.2 Å². The minimum Gasteiger partial charge on any atom is -0.355 e. The first-order valence-electron chi connectivity index (χ1n) is 11.3. The van der Waals surface area contributed by atoms with Gasteiger partial charge in [-0.1, -0.05) is 25.7 Å². The number of carbonyl (C=O) groups excluding carboxylic acids is 1. The van der Waals surface area contributed by atoms with Crippen molar-refractivity contribution in [1.29, 1.82) is 0 Å². The Morgan fingerprint density at radius 2 is 1.82 bits per heavy atom. The predicted molar refractivity (Wildman–Crippen MR) is 111 cm³/mol. The monoisotopic (exact) mass is 385 g/mol. The fourth-order valence-corrected chi connectivity index (χ4v) is 5.43. The van der Waals surface area contributed by atoms with Crippen molar-refractivity contribution in [3.63, 3.8) is 0 Å². The molecule has 154 valence electrons. The lowest BCUT2D eigenvalue weighted by atomic mass is 9.79. The molecule has 6 heteroatoms. The summed E-state index contributed by atoms with van der Waals surface area (Å²) < 4.78 is 0. The summed E-state index contributed by atoms with van der Waals surface area (Å²) in [6.07, 6.45) is 17.6. The molecule has 0 radical (unpaired) electrons. The number of likely N-dealkylation sites (tertiary alicyclic amines) is 1. The number of nitrogens with one attached hydrogen (secondary N) is 1. The average molecular weight is 386 g/mol. The molecule has 0 bridgehead atoms. The Kier molecular flexibility index (Phi) is 6.45. The molecule has 1 aliphatic carbocycles. The van der Waals surface area contributed by atoms with Crippen LogP contribution in [0.15, 0.2) is 18.6 Å². The van der Waals surface area contributed by atoms with Gasteiger partial charge in [0.2, 0.25) is 5.91 Å². The maximum atomic E-state index is 13.1.